The van der Waals surface area contributed by atoms with Crippen LogP contribution in [0.3, 0.4) is 0 Å². The van der Waals surface area contributed by atoms with Crippen LogP contribution in [0.2, 0.25) is 0 Å². The molecule has 0 bridgehead atoms. The van der Waals surface area contributed by atoms with Crippen LogP contribution in [-0.2, 0) is 10.8 Å². The standard InChI is InChI=1S/C23H32O2/c1-16-9-11-20(18(13-16)22(3,4)5)24-15-25-21-12-10-17(2)14-19(21)23(6,7)8/h9-14H,15H2,1-8H3. The molecule has 0 amide bonds. The molecule has 2 nitrogen and oxygen atoms in total. The van der Waals surface area contributed by atoms with Gasteiger partial charge in [0.05, 0.1) is 0 Å². The van der Waals surface area contributed by atoms with Gasteiger partial charge in [0.2, 0.25) is 6.79 Å². The predicted molar refractivity (Wildman–Crippen MR) is 106 cm³/mol. The first-order chi connectivity index (χ1) is 11.5. The normalized spacial score (nSPS) is 12.2. The average Bonchev–Trinajstić information content (AvgIpc) is 2.48. The van der Waals surface area contributed by atoms with E-state index in [4.69, 9.17) is 9.47 Å². The summed E-state index contributed by atoms with van der Waals surface area (Å²) in [5.74, 6) is 1.78. The molecular formula is C23H32O2. The van der Waals surface area contributed by atoms with E-state index in [-0.39, 0.29) is 17.6 Å². The number of hydrogen-bond acceptors (Lipinski definition) is 2. The third kappa shape index (κ3) is 5.01. The highest BCUT2D eigenvalue weighted by molar-refractivity contribution is 5.42. The summed E-state index contributed by atoms with van der Waals surface area (Å²) in [4.78, 5) is 0. The Kier molecular flexibility index (Phi) is 5.51. The minimum atomic E-state index is 0.0295. The number of benzene rings is 2. The van der Waals surface area contributed by atoms with E-state index in [0.717, 1.165) is 11.5 Å². The summed E-state index contributed by atoms with van der Waals surface area (Å²) < 4.78 is 12.0. The van der Waals surface area contributed by atoms with Gasteiger partial charge in [0.1, 0.15) is 11.5 Å². The molecular weight excluding hydrogens is 308 g/mol. The first-order valence-electron chi connectivity index (χ1n) is 8.96. The lowest BCUT2D eigenvalue weighted by atomic mass is 9.85. The largest absolute Gasteiger partial charge is 0.457 e. The molecule has 0 aliphatic heterocycles. The maximum Gasteiger partial charge on any atom is 0.230 e. The second-order valence-corrected chi connectivity index (χ2v) is 8.91. The average molecular weight is 341 g/mol. The fourth-order valence-electron chi connectivity index (χ4n) is 2.87. The summed E-state index contributed by atoms with van der Waals surface area (Å²) in [7, 11) is 0. The molecule has 2 aromatic rings. The highest BCUT2D eigenvalue weighted by Gasteiger charge is 2.21. The van der Waals surface area contributed by atoms with E-state index in [1.54, 1.807) is 0 Å². The van der Waals surface area contributed by atoms with Crippen molar-refractivity contribution in [2.24, 2.45) is 0 Å². The Hall–Kier alpha value is -1.96. The third-order valence-electron chi connectivity index (χ3n) is 4.32. The molecule has 0 aliphatic carbocycles. The van der Waals surface area contributed by atoms with Crippen LogP contribution in [0.15, 0.2) is 36.4 Å². The Morgan fingerprint density at radius 1 is 0.640 bits per heavy atom. The molecule has 0 aliphatic rings. The Morgan fingerprint density at radius 3 is 1.32 bits per heavy atom. The molecule has 0 fully saturated rings. The van der Waals surface area contributed by atoms with E-state index in [9.17, 15) is 0 Å². The van der Waals surface area contributed by atoms with Gasteiger partial charge in [-0.25, -0.2) is 0 Å². The Balaban J connectivity index is 2.18. The molecule has 136 valence electrons. The highest BCUT2D eigenvalue weighted by atomic mass is 16.7. The van der Waals surface area contributed by atoms with Crippen LogP contribution in [0, 0.1) is 13.8 Å². The van der Waals surface area contributed by atoms with Gasteiger partial charge >= 0.3 is 0 Å². The van der Waals surface area contributed by atoms with Crippen LogP contribution in [0.1, 0.15) is 63.8 Å². The topological polar surface area (TPSA) is 18.5 Å². The second kappa shape index (κ2) is 7.11. The molecule has 2 heteroatoms. The number of aryl methyl sites for hydroxylation is 2. The van der Waals surface area contributed by atoms with E-state index < -0.39 is 0 Å². The number of ether oxygens (including phenoxy) is 2. The molecule has 25 heavy (non-hydrogen) atoms. The summed E-state index contributed by atoms with van der Waals surface area (Å²) in [6.07, 6.45) is 0. The van der Waals surface area contributed by atoms with E-state index >= 15 is 0 Å². The quantitative estimate of drug-likeness (QED) is 0.607. The zero-order valence-corrected chi connectivity index (χ0v) is 17.0. The van der Waals surface area contributed by atoms with Crippen molar-refractivity contribution in [3.63, 3.8) is 0 Å². The van der Waals surface area contributed by atoms with Crippen LogP contribution >= 0.6 is 0 Å². The lowest BCUT2D eigenvalue weighted by Crippen LogP contribution is -2.17. The van der Waals surface area contributed by atoms with Gasteiger partial charge in [-0.2, -0.15) is 0 Å². The highest BCUT2D eigenvalue weighted by Crippen LogP contribution is 2.34. The molecule has 0 heterocycles. The van der Waals surface area contributed by atoms with Gasteiger partial charge in [-0.3, -0.25) is 0 Å². The van der Waals surface area contributed by atoms with Crippen LogP contribution in [0.4, 0.5) is 0 Å². The fourth-order valence-corrected chi connectivity index (χ4v) is 2.87. The van der Waals surface area contributed by atoms with Crippen molar-refractivity contribution >= 4 is 0 Å². The van der Waals surface area contributed by atoms with E-state index in [1.807, 2.05) is 12.1 Å². The monoisotopic (exact) mass is 340 g/mol. The van der Waals surface area contributed by atoms with Crippen molar-refractivity contribution < 1.29 is 9.47 Å². The Bertz CT molecular complexity index is 667. The van der Waals surface area contributed by atoms with Crippen molar-refractivity contribution in [2.75, 3.05) is 6.79 Å². The summed E-state index contributed by atoms with van der Waals surface area (Å²) in [6, 6.07) is 12.6. The van der Waals surface area contributed by atoms with Gasteiger partial charge in [-0.1, -0.05) is 76.9 Å². The number of rotatable bonds is 4. The van der Waals surface area contributed by atoms with Gasteiger partial charge in [0.15, 0.2) is 0 Å². The number of hydrogen-bond donors (Lipinski definition) is 0. The van der Waals surface area contributed by atoms with Crippen molar-refractivity contribution in [1.29, 1.82) is 0 Å². The van der Waals surface area contributed by atoms with E-state index in [1.165, 1.54) is 22.3 Å². The summed E-state index contributed by atoms with van der Waals surface area (Å²) in [6.45, 7) is 17.6. The molecule has 0 atom stereocenters. The van der Waals surface area contributed by atoms with E-state index in [0.29, 0.717) is 0 Å². The van der Waals surface area contributed by atoms with Gasteiger partial charge < -0.3 is 9.47 Å². The summed E-state index contributed by atoms with van der Waals surface area (Å²) >= 11 is 0. The van der Waals surface area contributed by atoms with Crippen LogP contribution in [0.5, 0.6) is 11.5 Å². The molecule has 0 radical (unpaired) electrons. The molecule has 0 saturated carbocycles. The van der Waals surface area contributed by atoms with Crippen LogP contribution < -0.4 is 9.47 Å². The fraction of sp³-hybridized carbons (Fsp3) is 0.478. The summed E-state index contributed by atoms with van der Waals surface area (Å²) in [5, 5.41) is 0. The van der Waals surface area contributed by atoms with Crippen LogP contribution in [0.25, 0.3) is 0 Å². The maximum absolute atomic E-state index is 6.00. The van der Waals surface area contributed by atoms with Gasteiger partial charge in [-0.05, 0) is 47.9 Å². The van der Waals surface area contributed by atoms with Crippen molar-refractivity contribution in [1.82, 2.24) is 0 Å². The predicted octanol–water partition coefficient (Wildman–Crippen LogP) is 6.31. The van der Waals surface area contributed by atoms with Crippen LogP contribution in [-0.4, -0.2) is 6.79 Å². The minimum absolute atomic E-state index is 0.0295. The first-order valence-corrected chi connectivity index (χ1v) is 8.96. The molecule has 0 saturated heterocycles. The zero-order valence-electron chi connectivity index (χ0n) is 17.0. The Morgan fingerprint density at radius 2 is 1.00 bits per heavy atom. The minimum Gasteiger partial charge on any atom is -0.457 e. The zero-order chi connectivity index (χ0) is 18.8. The Labute approximate surface area is 153 Å². The SMILES string of the molecule is Cc1ccc(OCOc2ccc(C)cc2C(C)(C)C)c(C(C)(C)C)c1. The van der Waals surface area contributed by atoms with Gasteiger partial charge in [0, 0.05) is 0 Å². The molecule has 2 aromatic carbocycles. The van der Waals surface area contributed by atoms with Crippen molar-refractivity contribution in [3.8, 4) is 11.5 Å². The third-order valence-corrected chi connectivity index (χ3v) is 4.32. The maximum atomic E-state index is 6.00. The first kappa shape index (κ1) is 19.4. The smallest absolute Gasteiger partial charge is 0.230 e. The molecule has 0 unspecified atom stereocenters. The van der Waals surface area contributed by atoms with Crippen molar-refractivity contribution in [3.05, 3.63) is 58.7 Å². The molecule has 2 rings (SSSR count). The molecule has 0 N–H and O–H groups in total. The van der Waals surface area contributed by atoms with Gasteiger partial charge in [0.25, 0.3) is 0 Å². The van der Waals surface area contributed by atoms with E-state index in [2.05, 4.69) is 79.7 Å². The molecule has 0 spiro atoms. The summed E-state index contributed by atoms with van der Waals surface area (Å²) in [5.41, 5.74) is 4.95. The lowest BCUT2D eigenvalue weighted by Gasteiger charge is -2.25. The van der Waals surface area contributed by atoms with Gasteiger partial charge in [-0.15, -0.1) is 0 Å². The second-order valence-electron chi connectivity index (χ2n) is 8.91. The van der Waals surface area contributed by atoms with Crippen molar-refractivity contribution in [2.45, 2.75) is 66.2 Å². The molecule has 0 aromatic heterocycles. The lowest BCUT2D eigenvalue weighted by molar-refractivity contribution is 0.115.